The van der Waals surface area contributed by atoms with Crippen molar-refractivity contribution < 1.29 is 26.4 Å². The number of piperidine rings is 1. The number of nitrogens with zero attached hydrogens (tertiary/aromatic N) is 4. The maximum atomic E-state index is 13.7. The van der Waals surface area contributed by atoms with E-state index in [0.29, 0.717) is 58.1 Å². The van der Waals surface area contributed by atoms with Gasteiger partial charge in [-0.25, -0.2) is 17.8 Å². The molecule has 0 saturated carbocycles. The third-order valence-corrected chi connectivity index (χ3v) is 8.71. The molecule has 0 bridgehead atoms. The van der Waals surface area contributed by atoms with Crippen LogP contribution in [-0.4, -0.2) is 57.7 Å². The van der Waals surface area contributed by atoms with E-state index in [4.69, 9.17) is 8.83 Å². The number of pyridine rings is 1. The first-order valence-corrected chi connectivity index (χ1v) is 15.0. The first-order chi connectivity index (χ1) is 19.6. The predicted octanol–water partition coefficient (Wildman–Crippen LogP) is 4.91. The van der Waals surface area contributed by atoms with E-state index < -0.39 is 15.8 Å². The van der Waals surface area contributed by atoms with Gasteiger partial charge in [0.2, 0.25) is 15.7 Å². The zero-order chi connectivity index (χ0) is 28.9. The SMILES string of the molecule is CNC(=O)c1c(-c2ccc(F)cc2)oc2cc(N(C)S(C)(=O)=O)c(C3CCCN(c4nc5ncccc5o4)C3)cc12. The van der Waals surface area contributed by atoms with Gasteiger partial charge in [-0.2, -0.15) is 4.98 Å². The number of sulfonamides is 1. The molecule has 1 unspecified atom stereocenters. The molecule has 1 amide bonds. The van der Waals surface area contributed by atoms with Crippen LogP contribution in [0, 0.1) is 5.82 Å². The quantitative estimate of drug-likeness (QED) is 0.302. The van der Waals surface area contributed by atoms with Crippen LogP contribution in [0.25, 0.3) is 33.5 Å². The lowest BCUT2D eigenvalue weighted by molar-refractivity contribution is 0.0964. The van der Waals surface area contributed by atoms with Gasteiger partial charge in [0.1, 0.15) is 17.2 Å². The Morgan fingerprint density at radius 2 is 1.93 bits per heavy atom. The van der Waals surface area contributed by atoms with Crippen molar-refractivity contribution >= 4 is 49.8 Å². The average molecular weight is 578 g/mol. The Morgan fingerprint density at radius 3 is 2.63 bits per heavy atom. The Kier molecular flexibility index (Phi) is 6.65. The zero-order valence-electron chi connectivity index (χ0n) is 22.7. The Balaban J connectivity index is 1.50. The van der Waals surface area contributed by atoms with E-state index in [2.05, 4.69) is 15.3 Å². The van der Waals surface area contributed by atoms with E-state index >= 15 is 0 Å². The second-order valence-electron chi connectivity index (χ2n) is 10.1. The Hall–Kier alpha value is -4.45. The molecule has 3 aromatic heterocycles. The molecule has 1 atom stereocenters. The van der Waals surface area contributed by atoms with Gasteiger partial charge in [-0.15, -0.1) is 0 Å². The summed E-state index contributed by atoms with van der Waals surface area (Å²) in [5.74, 6) is -0.629. The van der Waals surface area contributed by atoms with Gasteiger partial charge in [0.15, 0.2) is 5.58 Å². The van der Waals surface area contributed by atoms with E-state index in [0.717, 1.165) is 24.7 Å². The number of amides is 1. The van der Waals surface area contributed by atoms with Crippen LogP contribution in [0.3, 0.4) is 0 Å². The van der Waals surface area contributed by atoms with Crippen LogP contribution >= 0.6 is 0 Å². The average Bonchev–Trinajstić information content (AvgIpc) is 3.57. The first-order valence-electron chi connectivity index (χ1n) is 13.1. The van der Waals surface area contributed by atoms with Gasteiger partial charge in [-0.05, 0) is 60.9 Å². The summed E-state index contributed by atoms with van der Waals surface area (Å²) in [5, 5.41) is 3.20. The Labute approximate surface area is 235 Å². The molecule has 0 aliphatic carbocycles. The summed E-state index contributed by atoms with van der Waals surface area (Å²) in [6.45, 7) is 1.23. The number of hydrogen-bond acceptors (Lipinski definition) is 8. The molecular weight excluding hydrogens is 549 g/mol. The van der Waals surface area contributed by atoms with Crippen LogP contribution in [0.15, 0.2) is 63.6 Å². The predicted molar refractivity (Wildman–Crippen MR) is 154 cm³/mol. The van der Waals surface area contributed by atoms with E-state index in [1.54, 1.807) is 18.3 Å². The minimum atomic E-state index is -3.63. The summed E-state index contributed by atoms with van der Waals surface area (Å²) in [4.78, 5) is 24.0. The van der Waals surface area contributed by atoms with Gasteiger partial charge in [-0.1, -0.05) is 0 Å². The van der Waals surface area contributed by atoms with Crippen molar-refractivity contribution in [3.05, 3.63) is 71.7 Å². The van der Waals surface area contributed by atoms with E-state index in [9.17, 15) is 17.6 Å². The van der Waals surface area contributed by atoms with Crippen molar-refractivity contribution in [3.8, 4) is 11.3 Å². The lowest BCUT2D eigenvalue weighted by atomic mass is 9.88. The highest BCUT2D eigenvalue weighted by atomic mass is 32.2. The number of halogens is 1. The number of aromatic nitrogens is 2. The summed E-state index contributed by atoms with van der Waals surface area (Å²) in [6, 6.07) is 13.2. The van der Waals surface area contributed by atoms with Gasteiger partial charge >= 0.3 is 0 Å². The van der Waals surface area contributed by atoms with Crippen molar-refractivity contribution in [2.75, 3.05) is 42.6 Å². The molecule has 0 radical (unpaired) electrons. The minimum absolute atomic E-state index is 0.114. The smallest absolute Gasteiger partial charge is 0.299 e. The van der Waals surface area contributed by atoms with Crippen LogP contribution in [0.1, 0.15) is 34.7 Å². The standard InChI is InChI=1S/C29H28FN5O5S/c1-31-28(36)25-21-14-20(18-6-5-13-35(16-18)29-33-27-23(40-29)7-4-12-32-27)22(34(2)41(3,37)38)15-24(21)39-26(25)17-8-10-19(30)11-9-17/h4,7-12,14-15,18H,5-6,13,16H2,1-3H3,(H,31,36). The van der Waals surface area contributed by atoms with E-state index in [1.807, 2.05) is 17.0 Å². The monoisotopic (exact) mass is 577 g/mol. The van der Waals surface area contributed by atoms with Crippen LogP contribution < -0.4 is 14.5 Å². The lowest BCUT2D eigenvalue weighted by Crippen LogP contribution is -2.35. The molecule has 2 aromatic carbocycles. The van der Waals surface area contributed by atoms with Crippen molar-refractivity contribution in [1.82, 2.24) is 15.3 Å². The van der Waals surface area contributed by atoms with Crippen LogP contribution in [0.5, 0.6) is 0 Å². The van der Waals surface area contributed by atoms with Gasteiger partial charge in [-0.3, -0.25) is 9.10 Å². The Morgan fingerprint density at radius 1 is 1.15 bits per heavy atom. The highest BCUT2D eigenvalue weighted by Crippen LogP contribution is 2.42. The molecular formula is C29H28FN5O5S. The molecule has 4 heterocycles. The summed E-state index contributed by atoms with van der Waals surface area (Å²) in [6.07, 6.45) is 4.39. The number of carbonyl (C=O) groups excluding carboxylic acids is 1. The minimum Gasteiger partial charge on any atom is -0.455 e. The molecule has 41 heavy (non-hydrogen) atoms. The summed E-state index contributed by atoms with van der Waals surface area (Å²) in [5.41, 5.74) is 3.47. The lowest BCUT2D eigenvalue weighted by Gasteiger charge is -2.34. The third kappa shape index (κ3) is 4.88. The van der Waals surface area contributed by atoms with Crippen LogP contribution in [0.4, 0.5) is 16.1 Å². The molecule has 212 valence electrons. The number of oxazole rings is 1. The summed E-state index contributed by atoms with van der Waals surface area (Å²) in [7, 11) is -0.611. The maximum Gasteiger partial charge on any atom is 0.299 e. The van der Waals surface area contributed by atoms with Gasteiger partial charge in [0, 0.05) is 56.3 Å². The first kappa shape index (κ1) is 26.8. The summed E-state index contributed by atoms with van der Waals surface area (Å²) < 4.78 is 52.5. The number of rotatable bonds is 6. The second-order valence-corrected chi connectivity index (χ2v) is 12.2. The van der Waals surface area contributed by atoms with E-state index in [-0.39, 0.29) is 17.6 Å². The van der Waals surface area contributed by atoms with Crippen molar-refractivity contribution in [2.45, 2.75) is 18.8 Å². The molecule has 6 rings (SSSR count). The summed E-state index contributed by atoms with van der Waals surface area (Å²) >= 11 is 0. The molecule has 1 saturated heterocycles. The largest absolute Gasteiger partial charge is 0.455 e. The topological polar surface area (TPSA) is 122 Å². The number of carbonyl (C=O) groups is 1. The molecule has 1 aliphatic heterocycles. The van der Waals surface area contributed by atoms with Crippen LogP contribution in [0.2, 0.25) is 0 Å². The molecule has 0 spiro atoms. The maximum absolute atomic E-state index is 13.7. The van der Waals surface area contributed by atoms with Gasteiger partial charge in [0.05, 0.1) is 17.5 Å². The number of furan rings is 1. The number of benzene rings is 2. The molecule has 10 nitrogen and oxygen atoms in total. The normalized spacial score (nSPS) is 15.9. The number of nitrogens with one attached hydrogen (secondary N) is 1. The van der Waals surface area contributed by atoms with Gasteiger partial charge in [0.25, 0.3) is 11.9 Å². The van der Waals surface area contributed by atoms with Crippen molar-refractivity contribution in [1.29, 1.82) is 0 Å². The number of anilines is 2. The van der Waals surface area contributed by atoms with Crippen molar-refractivity contribution in [3.63, 3.8) is 0 Å². The van der Waals surface area contributed by atoms with Crippen molar-refractivity contribution in [2.24, 2.45) is 0 Å². The molecule has 12 heteroatoms. The fourth-order valence-corrected chi connectivity index (χ4v) is 5.90. The fourth-order valence-electron chi connectivity index (χ4n) is 5.38. The molecule has 1 fully saturated rings. The number of fused-ring (bicyclic) bond motifs is 2. The van der Waals surface area contributed by atoms with Crippen LogP contribution in [-0.2, 0) is 10.0 Å². The molecule has 5 aromatic rings. The third-order valence-electron chi connectivity index (χ3n) is 7.52. The fraction of sp³-hybridized carbons (Fsp3) is 0.276. The number of hydrogen-bond donors (Lipinski definition) is 1. The second kappa shape index (κ2) is 10.2. The Bertz CT molecular complexity index is 1850. The highest BCUT2D eigenvalue weighted by Gasteiger charge is 2.31. The molecule has 1 aliphatic rings. The zero-order valence-corrected chi connectivity index (χ0v) is 23.5. The van der Waals surface area contributed by atoms with E-state index in [1.165, 1.54) is 42.7 Å². The molecule has 1 N–H and O–H groups in total. The highest BCUT2D eigenvalue weighted by molar-refractivity contribution is 7.92. The van der Waals surface area contributed by atoms with Gasteiger partial charge < -0.3 is 19.1 Å².